The monoisotopic (exact) mass is 267 g/mol. The molecule has 0 fully saturated rings. The van der Waals surface area contributed by atoms with Crippen LogP contribution in [0.2, 0.25) is 0 Å². The Balaban J connectivity index is 2.06. The molecule has 7 heteroatoms. The second-order valence-corrected chi connectivity index (χ2v) is 5.50. The van der Waals surface area contributed by atoms with Gasteiger partial charge in [-0.1, -0.05) is 0 Å². The number of carboxylic acid groups (broad SMARTS) is 1. The van der Waals surface area contributed by atoms with Crippen molar-refractivity contribution in [3.8, 4) is 0 Å². The van der Waals surface area contributed by atoms with Crippen LogP contribution in [0.15, 0.2) is 6.20 Å². The van der Waals surface area contributed by atoms with Crippen molar-refractivity contribution in [1.29, 1.82) is 0 Å². The van der Waals surface area contributed by atoms with E-state index in [-0.39, 0.29) is 6.54 Å². The van der Waals surface area contributed by atoms with Crippen molar-refractivity contribution in [2.75, 3.05) is 0 Å². The summed E-state index contributed by atoms with van der Waals surface area (Å²) in [5.74, 6) is -0.957. The van der Waals surface area contributed by atoms with E-state index in [1.165, 1.54) is 9.58 Å². The molecule has 0 spiro atoms. The Morgan fingerprint density at radius 3 is 2.68 bits per heavy atom. The van der Waals surface area contributed by atoms with Crippen LogP contribution in [0.25, 0.3) is 0 Å². The molecule has 0 saturated heterocycles. The number of carboxylic acids is 1. The Morgan fingerprint density at radius 2 is 2.11 bits per heavy atom. The van der Waals surface area contributed by atoms with Crippen LogP contribution < -0.4 is 0 Å². The standard InChI is InChI=1S/C12H17N3O4/c1-12(2,3)19-11(18)14-5-8-4-13-15(7-10(16)17)9(8)6-14/h4H,5-7H2,1-3H3,(H,16,17). The molecule has 1 amide bonds. The summed E-state index contributed by atoms with van der Waals surface area (Å²) in [5.41, 5.74) is 1.08. The zero-order valence-corrected chi connectivity index (χ0v) is 11.2. The van der Waals surface area contributed by atoms with E-state index in [0.29, 0.717) is 13.1 Å². The number of ether oxygens (including phenoxy) is 1. The van der Waals surface area contributed by atoms with Crippen LogP contribution in [0.1, 0.15) is 32.0 Å². The largest absolute Gasteiger partial charge is 0.480 e. The van der Waals surface area contributed by atoms with E-state index in [9.17, 15) is 9.59 Å². The molecule has 1 aromatic heterocycles. The minimum absolute atomic E-state index is 0.197. The van der Waals surface area contributed by atoms with E-state index in [0.717, 1.165) is 11.3 Å². The van der Waals surface area contributed by atoms with Gasteiger partial charge in [0.1, 0.15) is 12.1 Å². The molecule has 0 aromatic carbocycles. The molecule has 0 radical (unpaired) electrons. The summed E-state index contributed by atoms with van der Waals surface area (Å²) in [6.07, 6.45) is 1.20. The smallest absolute Gasteiger partial charge is 0.410 e. The lowest BCUT2D eigenvalue weighted by Gasteiger charge is -2.24. The maximum Gasteiger partial charge on any atom is 0.410 e. The van der Waals surface area contributed by atoms with Gasteiger partial charge in [-0.3, -0.25) is 14.4 Å². The number of rotatable bonds is 2. The Kier molecular flexibility index (Phi) is 3.21. The third kappa shape index (κ3) is 3.04. The van der Waals surface area contributed by atoms with Gasteiger partial charge in [0, 0.05) is 5.56 Å². The van der Waals surface area contributed by atoms with Gasteiger partial charge in [0.15, 0.2) is 0 Å². The van der Waals surface area contributed by atoms with E-state index >= 15 is 0 Å². The van der Waals surface area contributed by atoms with Crippen LogP contribution in [0.3, 0.4) is 0 Å². The van der Waals surface area contributed by atoms with Gasteiger partial charge in [0.25, 0.3) is 0 Å². The maximum atomic E-state index is 11.9. The maximum absolute atomic E-state index is 11.9. The van der Waals surface area contributed by atoms with E-state index in [4.69, 9.17) is 9.84 Å². The van der Waals surface area contributed by atoms with Crippen molar-refractivity contribution in [3.05, 3.63) is 17.5 Å². The number of nitrogens with zero attached hydrogens (tertiary/aromatic N) is 3. The number of carbonyl (C=O) groups excluding carboxylic acids is 1. The van der Waals surface area contributed by atoms with Gasteiger partial charge in [-0.05, 0) is 20.8 Å². The summed E-state index contributed by atoms with van der Waals surface area (Å²) in [6, 6.07) is 0. The summed E-state index contributed by atoms with van der Waals surface area (Å²) >= 11 is 0. The van der Waals surface area contributed by atoms with Crippen molar-refractivity contribution in [1.82, 2.24) is 14.7 Å². The first-order chi connectivity index (χ1) is 8.76. The summed E-state index contributed by atoms with van der Waals surface area (Å²) in [4.78, 5) is 24.2. The first kappa shape index (κ1) is 13.4. The Bertz CT molecular complexity index is 516. The Hall–Kier alpha value is -2.05. The highest BCUT2D eigenvalue weighted by Gasteiger charge is 2.30. The van der Waals surface area contributed by atoms with Crippen LogP contribution in [-0.4, -0.2) is 37.5 Å². The molecule has 1 aliphatic heterocycles. The summed E-state index contributed by atoms with van der Waals surface area (Å²) in [7, 11) is 0. The van der Waals surface area contributed by atoms with Gasteiger partial charge in [-0.2, -0.15) is 5.10 Å². The second kappa shape index (κ2) is 4.56. The van der Waals surface area contributed by atoms with Gasteiger partial charge in [0.05, 0.1) is 25.0 Å². The quantitative estimate of drug-likeness (QED) is 0.870. The van der Waals surface area contributed by atoms with Gasteiger partial charge in [-0.15, -0.1) is 0 Å². The number of carbonyl (C=O) groups is 2. The lowest BCUT2D eigenvalue weighted by molar-refractivity contribution is -0.137. The highest BCUT2D eigenvalue weighted by molar-refractivity contribution is 5.69. The third-order valence-corrected chi connectivity index (χ3v) is 2.67. The topological polar surface area (TPSA) is 84.7 Å². The highest BCUT2D eigenvalue weighted by atomic mass is 16.6. The molecule has 0 bridgehead atoms. The SMILES string of the molecule is CC(C)(C)OC(=O)N1Cc2cnn(CC(=O)O)c2C1. The number of hydrogen-bond donors (Lipinski definition) is 1. The number of aromatic nitrogens is 2. The molecule has 7 nitrogen and oxygen atoms in total. The van der Waals surface area contributed by atoms with Crippen molar-refractivity contribution >= 4 is 12.1 Å². The van der Waals surface area contributed by atoms with Crippen LogP contribution in [0.4, 0.5) is 4.79 Å². The van der Waals surface area contributed by atoms with E-state index in [1.54, 1.807) is 27.0 Å². The zero-order valence-electron chi connectivity index (χ0n) is 11.2. The zero-order chi connectivity index (χ0) is 14.2. The van der Waals surface area contributed by atoms with Crippen LogP contribution in [0, 0.1) is 0 Å². The fraction of sp³-hybridized carbons (Fsp3) is 0.583. The average Bonchev–Trinajstić information content (AvgIpc) is 2.77. The predicted octanol–water partition coefficient (Wildman–Crippen LogP) is 1.22. The molecule has 0 saturated carbocycles. The average molecular weight is 267 g/mol. The van der Waals surface area contributed by atoms with Gasteiger partial charge in [-0.25, -0.2) is 4.79 Å². The summed E-state index contributed by atoms with van der Waals surface area (Å²) in [6.45, 7) is 5.96. The highest BCUT2D eigenvalue weighted by Crippen LogP contribution is 2.24. The minimum Gasteiger partial charge on any atom is -0.480 e. The number of aliphatic carboxylic acids is 1. The molecular formula is C12H17N3O4. The number of hydrogen-bond acceptors (Lipinski definition) is 4. The molecule has 0 aliphatic carbocycles. The van der Waals surface area contributed by atoms with Crippen LogP contribution in [0.5, 0.6) is 0 Å². The van der Waals surface area contributed by atoms with Crippen molar-refractivity contribution in [2.24, 2.45) is 0 Å². The molecule has 1 aliphatic rings. The minimum atomic E-state index is -0.957. The molecule has 104 valence electrons. The van der Waals surface area contributed by atoms with Crippen molar-refractivity contribution < 1.29 is 19.4 Å². The molecule has 19 heavy (non-hydrogen) atoms. The molecule has 2 heterocycles. The Labute approximate surface area is 110 Å². The third-order valence-electron chi connectivity index (χ3n) is 2.67. The normalized spacial score (nSPS) is 14.4. The van der Waals surface area contributed by atoms with E-state index < -0.39 is 17.7 Å². The Morgan fingerprint density at radius 1 is 1.42 bits per heavy atom. The lowest BCUT2D eigenvalue weighted by Crippen LogP contribution is -2.33. The summed E-state index contributed by atoms with van der Waals surface area (Å²) < 4.78 is 6.69. The van der Waals surface area contributed by atoms with Crippen LogP contribution in [-0.2, 0) is 29.2 Å². The fourth-order valence-corrected chi connectivity index (χ4v) is 1.93. The number of fused-ring (bicyclic) bond motifs is 1. The fourth-order valence-electron chi connectivity index (χ4n) is 1.93. The van der Waals surface area contributed by atoms with E-state index in [1.807, 2.05) is 0 Å². The molecule has 1 N–H and O–H groups in total. The predicted molar refractivity (Wildman–Crippen MR) is 65.3 cm³/mol. The first-order valence-electron chi connectivity index (χ1n) is 5.99. The molecule has 2 rings (SSSR count). The molecule has 0 atom stereocenters. The number of amides is 1. The first-order valence-corrected chi connectivity index (χ1v) is 5.99. The van der Waals surface area contributed by atoms with Gasteiger partial charge >= 0.3 is 12.1 Å². The lowest BCUT2D eigenvalue weighted by atomic mass is 10.2. The van der Waals surface area contributed by atoms with E-state index in [2.05, 4.69) is 5.10 Å². The summed E-state index contributed by atoms with van der Waals surface area (Å²) in [5, 5.41) is 12.8. The molecule has 1 aromatic rings. The molecule has 0 unspecified atom stereocenters. The van der Waals surface area contributed by atoms with Crippen molar-refractivity contribution in [3.63, 3.8) is 0 Å². The van der Waals surface area contributed by atoms with Crippen LogP contribution >= 0.6 is 0 Å². The van der Waals surface area contributed by atoms with Crippen molar-refractivity contribution in [2.45, 2.75) is 46.0 Å². The van der Waals surface area contributed by atoms with Gasteiger partial charge in [0.2, 0.25) is 0 Å². The second-order valence-electron chi connectivity index (χ2n) is 5.50. The van der Waals surface area contributed by atoms with Gasteiger partial charge < -0.3 is 9.84 Å². The molecular weight excluding hydrogens is 250 g/mol.